The molecule has 0 radical (unpaired) electrons. The number of hydrogen-bond acceptors (Lipinski definition) is 6. The molecular formula is C16H20N4O6. The molecule has 4 N–H and O–H groups in total. The number of carbonyl (C=O) groups is 3. The molecule has 2 amide bonds. The van der Waals surface area contributed by atoms with Gasteiger partial charge in [-0.25, -0.2) is 4.79 Å². The number of rotatable bonds is 7. The van der Waals surface area contributed by atoms with Gasteiger partial charge in [0, 0.05) is 25.1 Å². The smallest absolute Gasteiger partial charge is 0.326 e. The molecule has 10 nitrogen and oxygen atoms in total. The van der Waals surface area contributed by atoms with Crippen molar-refractivity contribution >= 4 is 23.5 Å². The number of nitrogens with zero attached hydrogens (tertiary/aromatic N) is 2. The maximum Gasteiger partial charge on any atom is 0.326 e. The molecule has 0 spiro atoms. The molecule has 1 heterocycles. The van der Waals surface area contributed by atoms with E-state index in [9.17, 15) is 29.6 Å². The van der Waals surface area contributed by atoms with E-state index < -0.39 is 34.8 Å². The van der Waals surface area contributed by atoms with Crippen LogP contribution in [0.1, 0.15) is 18.4 Å². The van der Waals surface area contributed by atoms with Crippen molar-refractivity contribution in [1.29, 1.82) is 0 Å². The minimum atomic E-state index is -1.09. The van der Waals surface area contributed by atoms with Crippen molar-refractivity contribution in [2.24, 2.45) is 5.73 Å². The van der Waals surface area contributed by atoms with Crippen LogP contribution in [-0.4, -0.2) is 57.9 Å². The van der Waals surface area contributed by atoms with Gasteiger partial charge in [-0.2, -0.15) is 0 Å². The van der Waals surface area contributed by atoms with Crippen LogP contribution in [0.25, 0.3) is 0 Å². The van der Waals surface area contributed by atoms with Gasteiger partial charge in [0.2, 0.25) is 11.8 Å². The van der Waals surface area contributed by atoms with Crippen LogP contribution in [0.2, 0.25) is 0 Å². The Hall–Kier alpha value is -3.01. The number of carbonyl (C=O) groups excluding carboxylic acids is 2. The molecule has 26 heavy (non-hydrogen) atoms. The normalized spacial score (nSPS) is 17.6. The van der Waals surface area contributed by atoms with E-state index in [1.165, 1.54) is 29.2 Å². The van der Waals surface area contributed by atoms with E-state index in [1.807, 2.05) is 0 Å². The summed E-state index contributed by atoms with van der Waals surface area (Å²) in [7, 11) is 0. The number of carboxylic acids is 1. The third-order valence-electron chi connectivity index (χ3n) is 4.23. The fourth-order valence-electron chi connectivity index (χ4n) is 2.93. The fourth-order valence-corrected chi connectivity index (χ4v) is 2.93. The number of hydrogen-bond donors (Lipinski definition) is 3. The molecule has 0 aliphatic carbocycles. The van der Waals surface area contributed by atoms with Crippen molar-refractivity contribution in [2.45, 2.75) is 31.3 Å². The Morgan fingerprint density at radius 1 is 1.35 bits per heavy atom. The Labute approximate surface area is 149 Å². The number of nitro groups is 1. The molecule has 0 unspecified atom stereocenters. The van der Waals surface area contributed by atoms with Gasteiger partial charge in [-0.05, 0) is 18.4 Å². The van der Waals surface area contributed by atoms with E-state index in [-0.39, 0.29) is 18.7 Å². The summed E-state index contributed by atoms with van der Waals surface area (Å²) in [5.41, 5.74) is 5.80. The Balaban J connectivity index is 2.19. The van der Waals surface area contributed by atoms with Crippen LogP contribution in [0.3, 0.4) is 0 Å². The molecule has 1 fully saturated rings. The zero-order chi connectivity index (χ0) is 19.3. The predicted molar refractivity (Wildman–Crippen MR) is 90.2 cm³/mol. The lowest BCUT2D eigenvalue weighted by Gasteiger charge is -2.27. The van der Waals surface area contributed by atoms with Crippen molar-refractivity contribution in [3.8, 4) is 0 Å². The lowest BCUT2D eigenvalue weighted by molar-refractivity contribution is -0.384. The minimum Gasteiger partial charge on any atom is -0.480 e. The summed E-state index contributed by atoms with van der Waals surface area (Å²) >= 11 is 0. The number of nitrogens with one attached hydrogen (secondary N) is 1. The lowest BCUT2D eigenvalue weighted by atomic mass is 10.0. The summed E-state index contributed by atoms with van der Waals surface area (Å²) in [6, 6.07) is 3.68. The quantitative estimate of drug-likeness (QED) is 0.441. The van der Waals surface area contributed by atoms with Crippen molar-refractivity contribution < 1.29 is 24.4 Å². The second-order valence-electron chi connectivity index (χ2n) is 5.98. The number of amides is 2. The Kier molecular flexibility index (Phi) is 6.23. The van der Waals surface area contributed by atoms with Crippen molar-refractivity contribution in [1.82, 2.24) is 10.2 Å². The molecule has 140 valence electrons. The Morgan fingerprint density at radius 2 is 2.00 bits per heavy atom. The highest BCUT2D eigenvalue weighted by atomic mass is 16.6. The zero-order valence-electron chi connectivity index (χ0n) is 14.0. The summed E-state index contributed by atoms with van der Waals surface area (Å²) in [6.45, 7) is -0.0164. The third kappa shape index (κ3) is 4.54. The molecule has 1 aromatic carbocycles. The van der Waals surface area contributed by atoms with Crippen LogP contribution < -0.4 is 11.1 Å². The maximum absolute atomic E-state index is 12.8. The van der Waals surface area contributed by atoms with Crippen LogP contribution in [-0.2, 0) is 20.8 Å². The highest BCUT2D eigenvalue weighted by molar-refractivity contribution is 5.91. The highest BCUT2D eigenvalue weighted by Gasteiger charge is 2.37. The highest BCUT2D eigenvalue weighted by Crippen LogP contribution is 2.20. The molecule has 1 aliphatic heterocycles. The third-order valence-corrected chi connectivity index (χ3v) is 4.23. The summed E-state index contributed by atoms with van der Waals surface area (Å²) in [5, 5.41) is 22.5. The van der Waals surface area contributed by atoms with Crippen molar-refractivity contribution in [3.05, 3.63) is 39.9 Å². The number of carboxylic acid groups (broad SMARTS) is 1. The first-order valence-electron chi connectivity index (χ1n) is 8.09. The average molecular weight is 364 g/mol. The zero-order valence-corrected chi connectivity index (χ0v) is 14.0. The molecule has 0 saturated carbocycles. The van der Waals surface area contributed by atoms with Crippen LogP contribution >= 0.6 is 0 Å². The van der Waals surface area contributed by atoms with E-state index in [1.54, 1.807) is 0 Å². The first kappa shape index (κ1) is 19.3. The molecule has 1 aromatic rings. The molecule has 1 saturated heterocycles. The van der Waals surface area contributed by atoms with Crippen molar-refractivity contribution in [2.75, 3.05) is 13.1 Å². The van der Waals surface area contributed by atoms with Crippen LogP contribution in [0.15, 0.2) is 24.3 Å². The summed E-state index contributed by atoms with van der Waals surface area (Å²) < 4.78 is 0. The van der Waals surface area contributed by atoms with E-state index in [4.69, 9.17) is 5.73 Å². The van der Waals surface area contributed by atoms with E-state index in [0.29, 0.717) is 24.9 Å². The van der Waals surface area contributed by atoms with Gasteiger partial charge >= 0.3 is 5.97 Å². The molecule has 10 heteroatoms. The van der Waals surface area contributed by atoms with Gasteiger partial charge in [-0.1, -0.05) is 12.1 Å². The number of nitro benzene ring substituents is 1. The van der Waals surface area contributed by atoms with Gasteiger partial charge in [0.05, 0.1) is 11.5 Å². The van der Waals surface area contributed by atoms with Gasteiger partial charge in [0.1, 0.15) is 12.1 Å². The molecular weight excluding hydrogens is 344 g/mol. The van der Waals surface area contributed by atoms with Crippen LogP contribution in [0.4, 0.5) is 5.69 Å². The van der Waals surface area contributed by atoms with Gasteiger partial charge < -0.3 is 21.1 Å². The van der Waals surface area contributed by atoms with E-state index >= 15 is 0 Å². The SMILES string of the molecule is NCC(=O)N[C@@H](Cc1ccc([N+](=O)[O-])cc1)C(=O)N1CCC[C@H]1C(=O)O. The summed E-state index contributed by atoms with van der Waals surface area (Å²) in [6.07, 6.45) is 0.999. The van der Waals surface area contributed by atoms with Crippen LogP contribution in [0, 0.1) is 10.1 Å². The second kappa shape index (κ2) is 8.39. The van der Waals surface area contributed by atoms with E-state index in [0.717, 1.165) is 0 Å². The van der Waals surface area contributed by atoms with E-state index in [2.05, 4.69) is 5.32 Å². The number of benzene rings is 1. The molecule has 1 aliphatic rings. The van der Waals surface area contributed by atoms with Crippen molar-refractivity contribution in [3.63, 3.8) is 0 Å². The summed E-state index contributed by atoms with van der Waals surface area (Å²) in [5.74, 6) is -2.14. The number of nitrogens with two attached hydrogens (primary N) is 1. The van der Waals surface area contributed by atoms with Gasteiger partial charge in [-0.3, -0.25) is 19.7 Å². The van der Waals surface area contributed by atoms with Gasteiger partial charge in [0.25, 0.3) is 5.69 Å². The second-order valence-corrected chi connectivity index (χ2v) is 5.98. The van der Waals surface area contributed by atoms with Crippen LogP contribution in [0.5, 0.6) is 0 Å². The first-order valence-corrected chi connectivity index (χ1v) is 8.09. The van der Waals surface area contributed by atoms with Gasteiger partial charge in [-0.15, -0.1) is 0 Å². The standard InChI is InChI=1S/C16H20N4O6/c17-9-14(21)18-12(8-10-3-5-11(6-4-10)20(25)26)15(22)19-7-1-2-13(19)16(23)24/h3-6,12-13H,1-2,7-9,17H2,(H,18,21)(H,23,24)/t12-,13-/m0/s1. The Bertz CT molecular complexity index is 705. The molecule has 2 rings (SSSR count). The monoisotopic (exact) mass is 364 g/mol. The van der Waals surface area contributed by atoms with Gasteiger partial charge in [0.15, 0.2) is 0 Å². The molecule has 2 atom stereocenters. The Morgan fingerprint density at radius 3 is 2.54 bits per heavy atom. The number of aliphatic carboxylic acids is 1. The first-order chi connectivity index (χ1) is 12.3. The topological polar surface area (TPSA) is 156 Å². The number of non-ortho nitro benzene ring substituents is 1. The molecule has 0 bridgehead atoms. The largest absolute Gasteiger partial charge is 0.480 e. The maximum atomic E-state index is 12.8. The summed E-state index contributed by atoms with van der Waals surface area (Å²) in [4.78, 5) is 47.2. The minimum absolute atomic E-state index is 0.0748. The average Bonchev–Trinajstić information content (AvgIpc) is 3.10. The number of likely N-dealkylation sites (tertiary alicyclic amines) is 1. The molecule has 0 aromatic heterocycles. The predicted octanol–water partition coefficient (Wildman–Crippen LogP) is -0.344. The fraction of sp³-hybridized carbons (Fsp3) is 0.438. The lowest BCUT2D eigenvalue weighted by Crippen LogP contribution is -2.53.